The zero-order chi connectivity index (χ0) is 13.6. The van der Waals surface area contributed by atoms with Crippen LogP contribution in [0, 0.1) is 0 Å². The molecule has 0 aromatic heterocycles. The quantitative estimate of drug-likeness (QED) is 0.805. The van der Waals surface area contributed by atoms with Crippen LogP contribution in [-0.4, -0.2) is 24.4 Å². The van der Waals surface area contributed by atoms with E-state index in [0.29, 0.717) is 17.7 Å². The van der Waals surface area contributed by atoms with Gasteiger partial charge in [-0.05, 0) is 5.56 Å². The molecule has 1 aliphatic heterocycles. The molecule has 2 N–H and O–H groups in total. The molecule has 0 saturated carbocycles. The minimum Gasteiger partial charge on any atom is -0.382 e. The van der Waals surface area contributed by atoms with E-state index in [4.69, 9.17) is 0 Å². The van der Waals surface area contributed by atoms with E-state index in [1.807, 2.05) is 0 Å². The maximum Gasteiger partial charge on any atom is 0.458 e. The van der Waals surface area contributed by atoms with Crippen molar-refractivity contribution in [3.8, 4) is 0 Å². The van der Waals surface area contributed by atoms with E-state index >= 15 is 0 Å². The van der Waals surface area contributed by atoms with E-state index in [1.165, 1.54) is 0 Å². The van der Waals surface area contributed by atoms with Gasteiger partial charge >= 0.3 is 12.1 Å². The number of rotatable bonds is 2. The maximum absolute atomic E-state index is 13.0. The minimum absolute atomic E-state index is 0.252. The van der Waals surface area contributed by atoms with Crippen LogP contribution >= 0.6 is 0 Å². The number of aliphatic hydroxyl groups is 1. The second-order valence-corrected chi connectivity index (χ2v) is 4.28. The molecule has 1 aliphatic rings. The summed E-state index contributed by atoms with van der Waals surface area (Å²) in [5.74, 6) is -4.88. The molecule has 1 saturated heterocycles. The Balaban J connectivity index is 2.28. The van der Waals surface area contributed by atoms with E-state index in [0.717, 1.165) is 12.1 Å². The van der Waals surface area contributed by atoms with E-state index < -0.39 is 23.3 Å². The molecule has 2 nitrogen and oxygen atoms in total. The van der Waals surface area contributed by atoms with Crippen LogP contribution in [0.15, 0.2) is 24.3 Å². The average molecular weight is 267 g/mol. The van der Waals surface area contributed by atoms with Crippen molar-refractivity contribution in [1.29, 1.82) is 0 Å². The third-order valence-electron chi connectivity index (χ3n) is 2.98. The van der Waals surface area contributed by atoms with Gasteiger partial charge in [-0.2, -0.15) is 22.0 Å². The van der Waals surface area contributed by atoms with Gasteiger partial charge in [-0.1, -0.05) is 24.3 Å². The average Bonchev–Trinajstić information content (AvgIpc) is 2.24. The highest BCUT2D eigenvalue weighted by Crippen LogP contribution is 2.44. The highest BCUT2D eigenvalue weighted by Gasteiger charge is 2.58. The van der Waals surface area contributed by atoms with Crippen LogP contribution < -0.4 is 5.32 Å². The monoisotopic (exact) mass is 267 g/mol. The second kappa shape index (κ2) is 3.89. The predicted molar refractivity (Wildman–Crippen MR) is 53.2 cm³/mol. The molecule has 0 spiro atoms. The van der Waals surface area contributed by atoms with Gasteiger partial charge in [0.05, 0.1) is 0 Å². The lowest BCUT2D eigenvalue weighted by Crippen LogP contribution is -2.56. The smallest absolute Gasteiger partial charge is 0.382 e. The van der Waals surface area contributed by atoms with Crippen LogP contribution in [0.25, 0.3) is 0 Å². The lowest BCUT2D eigenvalue weighted by atomic mass is 9.87. The summed E-state index contributed by atoms with van der Waals surface area (Å²) in [4.78, 5) is 0. The molecule has 7 heteroatoms. The largest absolute Gasteiger partial charge is 0.458 e. The van der Waals surface area contributed by atoms with Crippen LogP contribution in [0.2, 0.25) is 0 Å². The molecule has 1 heterocycles. The molecule has 2 rings (SSSR count). The Kier molecular flexibility index (Phi) is 2.86. The molecular weight excluding hydrogens is 257 g/mol. The fourth-order valence-corrected chi connectivity index (χ4v) is 1.72. The second-order valence-electron chi connectivity index (χ2n) is 4.28. The van der Waals surface area contributed by atoms with Gasteiger partial charge in [0.25, 0.3) is 0 Å². The Morgan fingerprint density at radius 1 is 1.00 bits per heavy atom. The fraction of sp³-hybridized carbons (Fsp3) is 0.455. The summed E-state index contributed by atoms with van der Waals surface area (Å²) >= 11 is 0. The Bertz CT molecular complexity index is 436. The third kappa shape index (κ3) is 1.97. The van der Waals surface area contributed by atoms with Gasteiger partial charge in [0.2, 0.25) is 0 Å². The number of halogens is 5. The van der Waals surface area contributed by atoms with Crippen molar-refractivity contribution < 1.29 is 27.1 Å². The van der Waals surface area contributed by atoms with Crippen molar-refractivity contribution in [3.05, 3.63) is 35.4 Å². The topological polar surface area (TPSA) is 32.3 Å². The highest BCUT2D eigenvalue weighted by molar-refractivity contribution is 5.32. The summed E-state index contributed by atoms with van der Waals surface area (Å²) in [5.41, 5.74) is -1.98. The number of benzene rings is 1. The molecule has 0 amide bonds. The van der Waals surface area contributed by atoms with Crippen LogP contribution in [0.5, 0.6) is 0 Å². The van der Waals surface area contributed by atoms with Gasteiger partial charge in [-0.15, -0.1) is 0 Å². The Hall–Kier alpha value is -1.21. The minimum atomic E-state index is -5.62. The van der Waals surface area contributed by atoms with Gasteiger partial charge in [0.1, 0.15) is 5.60 Å². The first kappa shape index (κ1) is 13.2. The van der Waals surface area contributed by atoms with Crippen LogP contribution in [0.4, 0.5) is 22.0 Å². The van der Waals surface area contributed by atoms with Crippen molar-refractivity contribution in [2.75, 3.05) is 13.1 Å². The molecule has 1 fully saturated rings. The standard InChI is InChI=1S/C11H10F5NO/c12-10(13,11(14,15)16)8-3-1-7(2-4-8)9(18)5-17-6-9/h1-4,17-18H,5-6H2. The van der Waals surface area contributed by atoms with Gasteiger partial charge in [0, 0.05) is 18.7 Å². The highest BCUT2D eigenvalue weighted by atomic mass is 19.4. The number of nitrogens with one attached hydrogen (secondary N) is 1. The van der Waals surface area contributed by atoms with Crippen molar-refractivity contribution in [2.45, 2.75) is 17.7 Å². The molecule has 0 aliphatic carbocycles. The van der Waals surface area contributed by atoms with Crippen LogP contribution in [-0.2, 0) is 11.5 Å². The van der Waals surface area contributed by atoms with E-state index in [1.54, 1.807) is 0 Å². The Labute approximate surface area is 99.4 Å². The molecule has 0 unspecified atom stereocenters. The predicted octanol–water partition coefficient (Wildman–Crippen LogP) is 2.13. The summed E-state index contributed by atoms with van der Waals surface area (Å²) in [6.07, 6.45) is -5.62. The summed E-state index contributed by atoms with van der Waals surface area (Å²) < 4.78 is 62.3. The fourth-order valence-electron chi connectivity index (χ4n) is 1.72. The van der Waals surface area contributed by atoms with Crippen LogP contribution in [0.3, 0.4) is 0 Å². The third-order valence-corrected chi connectivity index (χ3v) is 2.98. The number of β-amino-alcohol motifs (C(OH)–C–C–N with tert-alkyl or cyclic N) is 1. The summed E-state index contributed by atoms with van der Waals surface area (Å²) in [7, 11) is 0. The first-order chi connectivity index (χ1) is 8.17. The van der Waals surface area contributed by atoms with Crippen molar-refractivity contribution in [2.24, 2.45) is 0 Å². The first-order valence-corrected chi connectivity index (χ1v) is 5.15. The summed E-state index contributed by atoms with van der Waals surface area (Å²) in [6.45, 7) is 0.504. The summed E-state index contributed by atoms with van der Waals surface area (Å²) in [5, 5.41) is 12.7. The molecule has 0 bridgehead atoms. The molecule has 0 atom stereocenters. The molecule has 18 heavy (non-hydrogen) atoms. The molecule has 100 valence electrons. The molecule has 1 aromatic carbocycles. The van der Waals surface area contributed by atoms with Gasteiger partial charge in [-0.25, -0.2) is 0 Å². The lowest BCUT2D eigenvalue weighted by Gasteiger charge is -2.38. The summed E-state index contributed by atoms with van der Waals surface area (Å²) in [6, 6.07) is 3.57. The Morgan fingerprint density at radius 3 is 1.83 bits per heavy atom. The van der Waals surface area contributed by atoms with E-state index in [9.17, 15) is 27.1 Å². The first-order valence-electron chi connectivity index (χ1n) is 5.15. The van der Waals surface area contributed by atoms with Crippen molar-refractivity contribution in [1.82, 2.24) is 5.32 Å². The zero-order valence-electron chi connectivity index (χ0n) is 9.06. The Morgan fingerprint density at radius 2 is 1.50 bits per heavy atom. The molecule has 1 aromatic rings. The van der Waals surface area contributed by atoms with Gasteiger partial charge in [-0.3, -0.25) is 0 Å². The van der Waals surface area contributed by atoms with E-state index in [2.05, 4.69) is 5.32 Å². The maximum atomic E-state index is 13.0. The van der Waals surface area contributed by atoms with Crippen molar-refractivity contribution >= 4 is 0 Å². The normalized spacial score (nSPS) is 19.4. The van der Waals surface area contributed by atoms with Gasteiger partial charge in [0.15, 0.2) is 0 Å². The lowest BCUT2D eigenvalue weighted by molar-refractivity contribution is -0.289. The van der Waals surface area contributed by atoms with Gasteiger partial charge < -0.3 is 10.4 Å². The molecular formula is C11H10F5NO. The van der Waals surface area contributed by atoms with Crippen LogP contribution in [0.1, 0.15) is 11.1 Å². The number of alkyl halides is 5. The zero-order valence-corrected chi connectivity index (χ0v) is 9.06. The van der Waals surface area contributed by atoms with E-state index in [-0.39, 0.29) is 13.1 Å². The molecule has 0 radical (unpaired) electrons. The number of hydrogen-bond acceptors (Lipinski definition) is 2. The SMILES string of the molecule is OC1(c2ccc(C(F)(F)C(F)(F)F)cc2)CNC1. The van der Waals surface area contributed by atoms with Crippen molar-refractivity contribution in [3.63, 3.8) is 0 Å². The number of hydrogen-bond donors (Lipinski definition) is 2.